The van der Waals surface area contributed by atoms with Gasteiger partial charge in [-0.15, -0.1) is 0 Å². The van der Waals surface area contributed by atoms with Crippen LogP contribution in [-0.4, -0.2) is 111 Å². The van der Waals surface area contributed by atoms with Crippen molar-refractivity contribution in [2.45, 2.75) is 102 Å². The lowest BCUT2D eigenvalue weighted by Gasteiger charge is -2.45. The molecule has 1 aromatic carbocycles. The number of ether oxygens (including phenoxy) is 6. The van der Waals surface area contributed by atoms with Gasteiger partial charge in [0.25, 0.3) is 0 Å². The molecule has 0 aromatic heterocycles. The molecule has 8 atom stereocenters. The number of halogens is 2. The Hall–Kier alpha value is -3.17. The Kier molecular flexibility index (Phi) is 13.8. The van der Waals surface area contributed by atoms with E-state index in [-0.39, 0.29) is 23.8 Å². The van der Waals surface area contributed by atoms with Crippen LogP contribution in [0, 0.1) is 5.92 Å². The number of nitrogens with one attached hydrogen (secondary N) is 1. The Morgan fingerprint density at radius 3 is 2.60 bits per heavy atom. The molecule has 13 nitrogen and oxygen atoms in total. The van der Waals surface area contributed by atoms with E-state index >= 15 is 0 Å². The minimum atomic E-state index is -1.28. The molecule has 0 unspecified atom stereocenters. The third-order valence-corrected chi connectivity index (χ3v) is 11.2. The molecule has 1 N–H and O–H groups in total. The van der Waals surface area contributed by atoms with Crippen LogP contribution in [0.3, 0.4) is 0 Å². The van der Waals surface area contributed by atoms with Gasteiger partial charge in [-0.25, -0.2) is 9.59 Å². The lowest BCUT2D eigenvalue weighted by molar-refractivity contribution is -0.175. The number of benzene rings is 1. The number of fused-ring (bicyclic) bond motifs is 5. The van der Waals surface area contributed by atoms with Crippen molar-refractivity contribution in [2.75, 3.05) is 45.2 Å². The zero-order valence-electron chi connectivity index (χ0n) is 31.3. The molecule has 0 radical (unpaired) electrons. The van der Waals surface area contributed by atoms with Gasteiger partial charge < -0.3 is 38.2 Å². The number of epoxide rings is 1. The van der Waals surface area contributed by atoms with E-state index in [1.165, 1.54) is 30.9 Å². The molecule has 4 bridgehead atoms. The van der Waals surface area contributed by atoms with E-state index in [9.17, 15) is 19.2 Å². The summed E-state index contributed by atoms with van der Waals surface area (Å²) in [6.45, 7) is 8.84. The van der Waals surface area contributed by atoms with Crippen LogP contribution in [0.4, 0.5) is 10.5 Å². The zero-order chi connectivity index (χ0) is 38.5. The van der Waals surface area contributed by atoms with Crippen LogP contribution in [0.2, 0.25) is 5.02 Å². The quantitative estimate of drug-likeness (QED) is 0.150. The van der Waals surface area contributed by atoms with Gasteiger partial charge in [0.1, 0.15) is 40.7 Å². The van der Waals surface area contributed by atoms with E-state index in [0.717, 1.165) is 11.1 Å². The van der Waals surface area contributed by atoms with E-state index in [1.54, 1.807) is 28.0 Å². The molecule has 0 spiro atoms. The highest BCUT2D eigenvalue weighted by atomic mass is 79.9. The number of alkyl halides is 1. The number of esters is 1. The van der Waals surface area contributed by atoms with Gasteiger partial charge in [-0.3, -0.25) is 14.9 Å². The second-order valence-corrected chi connectivity index (χ2v) is 15.1. The van der Waals surface area contributed by atoms with Crippen molar-refractivity contribution in [3.8, 4) is 5.75 Å². The van der Waals surface area contributed by atoms with Gasteiger partial charge in [-0.2, -0.15) is 0 Å². The molecule has 0 saturated carbocycles. The van der Waals surface area contributed by atoms with E-state index in [1.807, 2.05) is 44.2 Å². The van der Waals surface area contributed by atoms with Crippen LogP contribution in [0.25, 0.3) is 0 Å². The number of rotatable bonds is 9. The van der Waals surface area contributed by atoms with Crippen molar-refractivity contribution in [2.24, 2.45) is 5.92 Å². The average Bonchev–Trinajstić information content (AvgIpc) is 3.80. The fourth-order valence-corrected chi connectivity index (χ4v) is 7.28. The summed E-state index contributed by atoms with van der Waals surface area (Å²) < 4.78 is 36.2. The van der Waals surface area contributed by atoms with E-state index < -0.39 is 65.7 Å². The minimum absolute atomic E-state index is 0.209. The maximum atomic E-state index is 14.1. The third-order valence-electron chi connectivity index (χ3n) is 10.2. The van der Waals surface area contributed by atoms with Crippen LogP contribution >= 0.6 is 27.5 Å². The molecule has 2 fully saturated rings. The molecule has 1 aromatic rings. The van der Waals surface area contributed by atoms with Gasteiger partial charge in [-0.05, 0) is 51.3 Å². The highest BCUT2D eigenvalue weighted by molar-refractivity contribution is 9.09. The van der Waals surface area contributed by atoms with Crippen molar-refractivity contribution < 1.29 is 47.6 Å². The number of hydrogen-bond acceptors (Lipinski definition) is 10. The lowest BCUT2D eigenvalue weighted by atomic mass is 9.83. The fraction of sp³-hybridized carbons (Fsp3) is 0.622. The maximum Gasteiger partial charge on any atom is 0.409 e. The van der Waals surface area contributed by atoms with Crippen molar-refractivity contribution >= 4 is 57.1 Å². The Labute approximate surface area is 319 Å². The first-order chi connectivity index (χ1) is 24.5. The molecule has 15 heteroatoms. The zero-order valence-corrected chi connectivity index (χ0v) is 33.7. The minimum Gasteiger partial charge on any atom is -0.495 e. The van der Waals surface area contributed by atoms with Crippen LogP contribution < -0.4 is 15.0 Å². The number of amides is 3. The van der Waals surface area contributed by atoms with Crippen LogP contribution in [-0.2, 0) is 44.5 Å². The van der Waals surface area contributed by atoms with Crippen LogP contribution in [0.5, 0.6) is 5.75 Å². The molecule has 288 valence electrons. The number of anilines is 1. The Balaban J connectivity index is 1.83. The fourth-order valence-electron chi connectivity index (χ4n) is 6.74. The van der Waals surface area contributed by atoms with Crippen molar-refractivity contribution in [1.29, 1.82) is 0 Å². The standard InChI is InChI=1S/C37H51BrClN3O10/c1-21-12-10-13-29(48-9)37(49-15-11-14-38)20-28(50-35(46)40-37)22(2)33-36(5,52-33)30(51-34(45)23(3)41(6)24(4)43)19-31(44)42(7)26-17-25(16-21)18-27(47-8)32(26)39/h10,12-13,17-18,22-23,28-30,33H,11,14-16,19-20H2,1-9H3,(H,40,46)/b13-10+,21-12+/t22-,23+,28+,29-,30+,33+,36+,37+/m1/s1. The number of nitrogens with zero attached hydrogens (tertiary/aromatic N) is 2. The highest BCUT2D eigenvalue weighted by Gasteiger charge is 2.64. The SMILES string of the molecule is COc1cc2cc(c1Cl)N(C)C(=O)C[C@H](OC(=O)[C@H](C)N(C)C(C)=O)[C@]1(C)O[C@H]1[C@H](C)[C@@H]1C[C@@](OCCCBr)(NC(=O)O1)[C@H](OC)/C=C/C=C(\C)C2. The van der Waals surface area contributed by atoms with Gasteiger partial charge in [0.05, 0.1) is 31.9 Å². The first kappa shape index (κ1) is 41.6. The van der Waals surface area contributed by atoms with E-state index in [4.69, 9.17) is 40.0 Å². The van der Waals surface area contributed by atoms with Crippen molar-refractivity contribution in [3.63, 3.8) is 0 Å². The Bertz CT molecular complexity index is 1570. The number of allylic oxidation sites excluding steroid dienone is 3. The molecule has 3 amide bonds. The molecule has 3 heterocycles. The molecular formula is C37H51BrClN3O10. The number of carbonyl (C=O) groups is 4. The summed E-state index contributed by atoms with van der Waals surface area (Å²) in [5.41, 5.74) is -0.216. The molecule has 52 heavy (non-hydrogen) atoms. The predicted molar refractivity (Wildman–Crippen MR) is 199 cm³/mol. The average molecular weight is 813 g/mol. The van der Waals surface area contributed by atoms with Crippen molar-refractivity contribution in [1.82, 2.24) is 10.2 Å². The molecular weight excluding hydrogens is 762 g/mol. The molecule has 0 aliphatic carbocycles. The van der Waals surface area contributed by atoms with Gasteiger partial charge in [0, 0.05) is 45.8 Å². The summed E-state index contributed by atoms with van der Waals surface area (Å²) in [5, 5.41) is 3.85. The summed E-state index contributed by atoms with van der Waals surface area (Å²) in [6, 6.07) is 2.71. The Morgan fingerprint density at radius 1 is 1.25 bits per heavy atom. The molecule has 2 saturated heterocycles. The Morgan fingerprint density at radius 2 is 1.96 bits per heavy atom. The van der Waals surface area contributed by atoms with Gasteiger partial charge >= 0.3 is 12.1 Å². The van der Waals surface area contributed by atoms with E-state index in [0.29, 0.717) is 36.2 Å². The summed E-state index contributed by atoms with van der Waals surface area (Å²) >= 11 is 10.2. The predicted octanol–water partition coefficient (Wildman–Crippen LogP) is 5.34. The summed E-state index contributed by atoms with van der Waals surface area (Å²) in [6.07, 6.45) is 2.97. The largest absolute Gasteiger partial charge is 0.495 e. The summed E-state index contributed by atoms with van der Waals surface area (Å²) in [4.78, 5) is 55.6. The first-order valence-electron chi connectivity index (χ1n) is 17.3. The van der Waals surface area contributed by atoms with Crippen molar-refractivity contribution in [3.05, 3.63) is 46.5 Å². The molecule has 4 rings (SSSR count). The number of alkyl carbamates (subject to hydrolysis) is 1. The second kappa shape index (κ2) is 17.3. The smallest absolute Gasteiger partial charge is 0.409 e. The third kappa shape index (κ3) is 9.12. The second-order valence-electron chi connectivity index (χ2n) is 13.9. The lowest BCUT2D eigenvalue weighted by Crippen LogP contribution is -2.65. The number of likely N-dealkylation sites (N-methyl/N-ethyl adjacent to an activating group) is 1. The van der Waals surface area contributed by atoms with Crippen LogP contribution in [0.1, 0.15) is 59.4 Å². The number of methoxy groups -OCH3 is 2. The monoisotopic (exact) mass is 811 g/mol. The van der Waals surface area contributed by atoms with Gasteiger partial charge in [0.2, 0.25) is 11.8 Å². The normalized spacial score (nSPS) is 31.6. The first-order valence-corrected chi connectivity index (χ1v) is 18.8. The molecule has 3 aliphatic heterocycles. The molecule has 3 aliphatic rings. The summed E-state index contributed by atoms with van der Waals surface area (Å²) in [7, 11) is 6.15. The van der Waals surface area contributed by atoms with Gasteiger partial charge in [-0.1, -0.05) is 58.3 Å². The van der Waals surface area contributed by atoms with Gasteiger partial charge in [0.15, 0.2) is 5.72 Å². The highest BCUT2D eigenvalue weighted by Crippen LogP contribution is 2.49. The number of carbonyl (C=O) groups excluding carboxylic acids is 4. The topological polar surface area (TPSA) is 145 Å². The van der Waals surface area contributed by atoms with Crippen LogP contribution in [0.15, 0.2) is 35.9 Å². The van der Waals surface area contributed by atoms with E-state index in [2.05, 4.69) is 21.2 Å². The number of hydrogen-bond donors (Lipinski definition) is 1. The summed E-state index contributed by atoms with van der Waals surface area (Å²) in [5.74, 6) is -1.48. The maximum absolute atomic E-state index is 14.1.